The number of aryl methyl sites for hydroxylation is 1. The van der Waals surface area contributed by atoms with E-state index < -0.39 is 0 Å². The van der Waals surface area contributed by atoms with E-state index >= 15 is 0 Å². The Morgan fingerprint density at radius 2 is 1.73 bits per heavy atom. The average Bonchev–Trinajstić information content (AvgIpc) is 3.35. The van der Waals surface area contributed by atoms with Gasteiger partial charge in [0, 0.05) is 68.0 Å². The number of piperidine rings is 1. The first-order chi connectivity index (χ1) is 14.8. The van der Waals surface area contributed by atoms with Crippen LogP contribution in [0.5, 0.6) is 0 Å². The number of aromatic nitrogens is 4. The molecule has 5 heterocycles. The first kappa shape index (κ1) is 19.0. The van der Waals surface area contributed by atoms with Crippen molar-refractivity contribution in [3.8, 4) is 11.1 Å². The molecule has 0 spiro atoms. The van der Waals surface area contributed by atoms with E-state index in [1.807, 2.05) is 36.9 Å². The molecule has 6 nitrogen and oxygen atoms in total. The highest BCUT2D eigenvalue weighted by Crippen LogP contribution is 2.35. The maximum atomic E-state index is 5.15. The summed E-state index contributed by atoms with van der Waals surface area (Å²) in [4.78, 5) is 23.6. The highest BCUT2D eigenvalue weighted by molar-refractivity contribution is 5.66. The highest BCUT2D eigenvalue weighted by Gasteiger charge is 2.28. The van der Waals surface area contributed by atoms with Crippen LogP contribution in [0.2, 0.25) is 0 Å². The second-order valence-corrected chi connectivity index (χ2v) is 8.33. The summed E-state index contributed by atoms with van der Waals surface area (Å²) < 4.78 is 0. The lowest BCUT2D eigenvalue weighted by atomic mass is 9.90. The lowest BCUT2D eigenvalue weighted by Crippen LogP contribution is -2.36. The van der Waals surface area contributed by atoms with Crippen LogP contribution in [0.1, 0.15) is 42.9 Å². The molecular weight excluding hydrogens is 372 g/mol. The fourth-order valence-corrected chi connectivity index (χ4v) is 4.71. The molecule has 6 heteroatoms. The Hall–Kier alpha value is -3.02. The van der Waals surface area contributed by atoms with Crippen LogP contribution in [-0.2, 0) is 0 Å². The summed E-state index contributed by atoms with van der Waals surface area (Å²) in [6.45, 7) is 6.22. The standard InChI is InChI=1S/C24H28N6/c1-18-7-4-11-26-23(18)30-14-6-9-20(17-30)22-21(19-8-5-10-25-15-19)16-27-24(28-22)29-12-2-3-13-29/h4-5,7-8,10-11,15-16,20H,2-3,6,9,12-14,17H2,1H3. The van der Waals surface area contributed by atoms with Gasteiger partial charge in [-0.3, -0.25) is 4.98 Å². The smallest absolute Gasteiger partial charge is 0.225 e. The summed E-state index contributed by atoms with van der Waals surface area (Å²) in [5.74, 6) is 2.32. The van der Waals surface area contributed by atoms with Crippen molar-refractivity contribution in [3.63, 3.8) is 0 Å². The number of nitrogens with zero attached hydrogens (tertiary/aromatic N) is 6. The Morgan fingerprint density at radius 1 is 0.900 bits per heavy atom. The van der Waals surface area contributed by atoms with Crippen molar-refractivity contribution >= 4 is 11.8 Å². The molecule has 2 fully saturated rings. The molecule has 2 aliphatic heterocycles. The number of hydrogen-bond acceptors (Lipinski definition) is 6. The molecule has 0 bridgehead atoms. The molecule has 1 atom stereocenters. The molecule has 1 unspecified atom stereocenters. The van der Waals surface area contributed by atoms with Gasteiger partial charge < -0.3 is 9.80 Å². The van der Waals surface area contributed by atoms with E-state index in [2.05, 4.69) is 38.8 Å². The van der Waals surface area contributed by atoms with E-state index in [1.165, 1.54) is 18.4 Å². The van der Waals surface area contributed by atoms with Crippen LogP contribution < -0.4 is 9.80 Å². The van der Waals surface area contributed by atoms with Crippen LogP contribution in [0, 0.1) is 6.92 Å². The minimum Gasteiger partial charge on any atom is -0.356 e. The molecule has 3 aromatic heterocycles. The molecule has 5 rings (SSSR count). The fraction of sp³-hybridized carbons (Fsp3) is 0.417. The van der Waals surface area contributed by atoms with E-state index in [9.17, 15) is 0 Å². The number of anilines is 2. The van der Waals surface area contributed by atoms with Gasteiger partial charge >= 0.3 is 0 Å². The molecule has 2 aliphatic rings. The first-order valence-corrected chi connectivity index (χ1v) is 11.0. The molecule has 154 valence electrons. The van der Waals surface area contributed by atoms with Gasteiger partial charge in [0.25, 0.3) is 0 Å². The van der Waals surface area contributed by atoms with Crippen molar-refractivity contribution in [2.24, 2.45) is 0 Å². The SMILES string of the molecule is Cc1cccnc1N1CCCC(c2nc(N3CCCC3)ncc2-c2cccnc2)C1. The Bertz CT molecular complexity index is 1000. The summed E-state index contributed by atoms with van der Waals surface area (Å²) in [5.41, 5.74) is 4.58. The number of hydrogen-bond donors (Lipinski definition) is 0. The predicted octanol–water partition coefficient (Wildman–Crippen LogP) is 4.23. The molecule has 0 radical (unpaired) electrons. The summed E-state index contributed by atoms with van der Waals surface area (Å²) in [5, 5.41) is 0. The second kappa shape index (κ2) is 8.38. The fourth-order valence-electron chi connectivity index (χ4n) is 4.71. The zero-order chi connectivity index (χ0) is 20.3. The van der Waals surface area contributed by atoms with Crippen LogP contribution in [0.3, 0.4) is 0 Å². The Balaban J connectivity index is 1.52. The molecule has 0 aliphatic carbocycles. The normalized spacial score (nSPS) is 19.3. The Kier molecular flexibility index (Phi) is 5.30. The third kappa shape index (κ3) is 3.74. The van der Waals surface area contributed by atoms with E-state index in [0.717, 1.165) is 67.6 Å². The van der Waals surface area contributed by atoms with Crippen LogP contribution in [-0.4, -0.2) is 46.1 Å². The highest BCUT2D eigenvalue weighted by atomic mass is 15.3. The third-order valence-electron chi connectivity index (χ3n) is 6.26. The summed E-state index contributed by atoms with van der Waals surface area (Å²) in [6, 6.07) is 8.24. The van der Waals surface area contributed by atoms with Gasteiger partial charge in [-0.05, 0) is 50.3 Å². The van der Waals surface area contributed by atoms with Crippen molar-refractivity contribution < 1.29 is 0 Å². The zero-order valence-corrected chi connectivity index (χ0v) is 17.5. The molecule has 3 aromatic rings. The molecule has 2 saturated heterocycles. The Labute approximate surface area is 178 Å². The lowest BCUT2D eigenvalue weighted by molar-refractivity contribution is 0.498. The molecule has 30 heavy (non-hydrogen) atoms. The Morgan fingerprint density at radius 3 is 2.53 bits per heavy atom. The van der Waals surface area contributed by atoms with Crippen molar-refractivity contribution in [2.45, 2.75) is 38.5 Å². The number of pyridine rings is 2. The van der Waals surface area contributed by atoms with Gasteiger partial charge in [-0.15, -0.1) is 0 Å². The summed E-state index contributed by atoms with van der Waals surface area (Å²) in [7, 11) is 0. The minimum atomic E-state index is 0.347. The van der Waals surface area contributed by atoms with Crippen molar-refractivity contribution in [3.05, 3.63) is 60.3 Å². The third-order valence-corrected chi connectivity index (χ3v) is 6.26. The summed E-state index contributed by atoms with van der Waals surface area (Å²) >= 11 is 0. The van der Waals surface area contributed by atoms with Crippen LogP contribution in [0.15, 0.2) is 49.1 Å². The molecular formula is C24H28N6. The quantitative estimate of drug-likeness (QED) is 0.653. The van der Waals surface area contributed by atoms with Gasteiger partial charge in [-0.2, -0.15) is 0 Å². The summed E-state index contributed by atoms with van der Waals surface area (Å²) in [6.07, 6.45) is 12.3. The van der Waals surface area contributed by atoms with Gasteiger partial charge in [0.15, 0.2) is 0 Å². The topological polar surface area (TPSA) is 58.0 Å². The van der Waals surface area contributed by atoms with Crippen molar-refractivity contribution in [2.75, 3.05) is 36.0 Å². The largest absolute Gasteiger partial charge is 0.356 e. The van der Waals surface area contributed by atoms with E-state index in [1.54, 1.807) is 0 Å². The average molecular weight is 401 g/mol. The van der Waals surface area contributed by atoms with Crippen molar-refractivity contribution in [1.82, 2.24) is 19.9 Å². The monoisotopic (exact) mass is 400 g/mol. The lowest BCUT2D eigenvalue weighted by Gasteiger charge is -2.35. The van der Waals surface area contributed by atoms with Crippen LogP contribution >= 0.6 is 0 Å². The van der Waals surface area contributed by atoms with Gasteiger partial charge in [0.05, 0.1) is 5.69 Å². The zero-order valence-electron chi connectivity index (χ0n) is 17.5. The number of rotatable bonds is 4. The van der Waals surface area contributed by atoms with E-state index in [0.29, 0.717) is 5.92 Å². The minimum absolute atomic E-state index is 0.347. The first-order valence-electron chi connectivity index (χ1n) is 11.0. The predicted molar refractivity (Wildman–Crippen MR) is 120 cm³/mol. The molecule has 0 saturated carbocycles. The van der Waals surface area contributed by atoms with Gasteiger partial charge in [-0.25, -0.2) is 15.0 Å². The molecule has 0 aromatic carbocycles. The van der Waals surface area contributed by atoms with Crippen LogP contribution in [0.25, 0.3) is 11.1 Å². The molecule has 0 amide bonds. The second-order valence-electron chi connectivity index (χ2n) is 8.33. The van der Waals surface area contributed by atoms with Crippen LogP contribution in [0.4, 0.5) is 11.8 Å². The molecule has 0 N–H and O–H groups in total. The van der Waals surface area contributed by atoms with Gasteiger partial charge in [-0.1, -0.05) is 12.1 Å². The van der Waals surface area contributed by atoms with Gasteiger partial charge in [0.2, 0.25) is 5.95 Å². The van der Waals surface area contributed by atoms with Crippen molar-refractivity contribution in [1.29, 1.82) is 0 Å². The van der Waals surface area contributed by atoms with E-state index in [-0.39, 0.29) is 0 Å². The van der Waals surface area contributed by atoms with Gasteiger partial charge in [0.1, 0.15) is 5.82 Å². The van der Waals surface area contributed by atoms with E-state index in [4.69, 9.17) is 9.97 Å². The maximum absolute atomic E-state index is 5.15. The maximum Gasteiger partial charge on any atom is 0.225 e.